The summed E-state index contributed by atoms with van der Waals surface area (Å²) in [5, 5.41) is 3.20. The fourth-order valence-electron chi connectivity index (χ4n) is 1.66. The Labute approximate surface area is 126 Å². The summed E-state index contributed by atoms with van der Waals surface area (Å²) in [6.07, 6.45) is 1.41. The van der Waals surface area contributed by atoms with Crippen molar-refractivity contribution in [1.82, 2.24) is 4.98 Å². The van der Waals surface area contributed by atoms with E-state index in [1.165, 1.54) is 18.3 Å². The van der Waals surface area contributed by atoms with Gasteiger partial charge >= 0.3 is 0 Å². The molecule has 1 heterocycles. The summed E-state index contributed by atoms with van der Waals surface area (Å²) in [6, 6.07) is 7.66. The number of carbonyl (C=O) groups excluding carboxylic acids is 1. The number of nitrogens with one attached hydrogen (secondary N) is 2. The Morgan fingerprint density at radius 2 is 2.14 bits per heavy atom. The zero-order valence-corrected chi connectivity index (χ0v) is 11.7. The molecule has 0 saturated carbocycles. The summed E-state index contributed by atoms with van der Waals surface area (Å²) in [4.78, 5) is 25.8. The lowest BCUT2D eigenvalue weighted by Crippen LogP contribution is -2.16. The van der Waals surface area contributed by atoms with E-state index in [0.717, 1.165) is 0 Å². The minimum absolute atomic E-state index is 0.202. The third-order valence-corrected chi connectivity index (χ3v) is 2.83. The lowest BCUT2D eigenvalue weighted by atomic mass is 10.1. The van der Waals surface area contributed by atoms with Crippen molar-refractivity contribution in [1.29, 1.82) is 0 Å². The monoisotopic (exact) mass is 301 g/mol. The number of hydrogen-bond donors (Lipinski definition) is 3. The van der Waals surface area contributed by atoms with E-state index in [9.17, 15) is 9.59 Å². The third-order valence-electron chi connectivity index (χ3n) is 2.59. The van der Waals surface area contributed by atoms with Crippen molar-refractivity contribution in [3.63, 3.8) is 0 Å². The lowest BCUT2D eigenvalue weighted by molar-refractivity contribution is 0.102. The van der Waals surface area contributed by atoms with Gasteiger partial charge in [-0.05, 0) is 24.3 Å². The van der Waals surface area contributed by atoms with Gasteiger partial charge in [-0.3, -0.25) is 9.59 Å². The summed E-state index contributed by atoms with van der Waals surface area (Å²) < 4.78 is 0. The molecule has 0 radical (unpaired) electrons. The average molecular weight is 302 g/mol. The summed E-state index contributed by atoms with van der Waals surface area (Å²) in [6.45, 7) is 0.202. The maximum absolute atomic E-state index is 12.1. The molecule has 0 saturated heterocycles. The molecule has 1 aromatic carbocycles. The second-order valence-corrected chi connectivity index (χ2v) is 4.53. The molecular weight excluding hydrogens is 290 g/mol. The van der Waals surface area contributed by atoms with Crippen molar-refractivity contribution in [2.75, 3.05) is 11.9 Å². The van der Waals surface area contributed by atoms with Crippen LogP contribution >= 0.6 is 11.6 Å². The van der Waals surface area contributed by atoms with E-state index in [0.29, 0.717) is 16.3 Å². The fourth-order valence-corrected chi connectivity index (χ4v) is 1.83. The Hall–Kier alpha value is -2.55. The van der Waals surface area contributed by atoms with Crippen LogP contribution in [0.1, 0.15) is 15.9 Å². The second-order valence-electron chi connectivity index (χ2n) is 4.09. The Balaban J connectivity index is 2.31. The van der Waals surface area contributed by atoms with Crippen LogP contribution in [0.25, 0.3) is 0 Å². The molecule has 106 valence electrons. The maximum atomic E-state index is 12.1. The van der Waals surface area contributed by atoms with Crippen molar-refractivity contribution < 1.29 is 4.79 Å². The number of aromatic nitrogens is 1. The smallest absolute Gasteiger partial charge is 0.255 e. The topological polar surface area (TPSA) is 88.0 Å². The van der Waals surface area contributed by atoms with Gasteiger partial charge in [0.05, 0.1) is 12.2 Å². The number of carbonyl (C=O) groups is 1. The Morgan fingerprint density at radius 3 is 2.86 bits per heavy atom. The summed E-state index contributed by atoms with van der Waals surface area (Å²) in [7, 11) is 0. The first-order valence-corrected chi connectivity index (χ1v) is 6.46. The highest BCUT2D eigenvalue weighted by molar-refractivity contribution is 6.30. The van der Waals surface area contributed by atoms with Crippen LogP contribution in [0.4, 0.5) is 5.69 Å². The van der Waals surface area contributed by atoms with E-state index < -0.39 is 5.91 Å². The maximum Gasteiger partial charge on any atom is 0.255 e. The molecule has 0 spiro atoms. The normalized spacial score (nSPS) is 9.62. The number of amides is 1. The van der Waals surface area contributed by atoms with Gasteiger partial charge in [-0.25, -0.2) is 0 Å². The molecule has 0 aliphatic rings. The molecule has 1 aromatic heterocycles. The summed E-state index contributed by atoms with van der Waals surface area (Å²) in [5.41, 5.74) is 6.32. The van der Waals surface area contributed by atoms with E-state index in [1.54, 1.807) is 18.2 Å². The molecule has 2 rings (SSSR count). The Bertz CT molecular complexity index is 787. The molecule has 6 heteroatoms. The first-order valence-electron chi connectivity index (χ1n) is 6.09. The first kappa shape index (κ1) is 14.9. The summed E-state index contributed by atoms with van der Waals surface area (Å²) in [5.74, 6) is 5.14. The number of nitrogens with two attached hydrogens (primary N) is 1. The second kappa shape index (κ2) is 6.75. The van der Waals surface area contributed by atoms with E-state index in [-0.39, 0.29) is 17.7 Å². The molecule has 0 bridgehead atoms. The van der Waals surface area contributed by atoms with Gasteiger partial charge in [0.25, 0.3) is 5.91 Å². The van der Waals surface area contributed by atoms with Gasteiger partial charge in [0.2, 0.25) is 5.56 Å². The average Bonchev–Trinajstić information content (AvgIpc) is 2.47. The third kappa shape index (κ3) is 3.96. The SMILES string of the molecule is NCC#Cc1cc(Cl)ccc1NC(=O)c1cc[nH]c(=O)c1. The molecule has 0 atom stereocenters. The Kier molecular flexibility index (Phi) is 4.77. The van der Waals surface area contributed by atoms with Crippen LogP contribution in [-0.4, -0.2) is 17.4 Å². The van der Waals surface area contributed by atoms with Crippen LogP contribution in [0.5, 0.6) is 0 Å². The highest BCUT2D eigenvalue weighted by Gasteiger charge is 2.09. The summed E-state index contributed by atoms with van der Waals surface area (Å²) >= 11 is 5.91. The predicted octanol–water partition coefficient (Wildman–Crippen LogP) is 1.59. The van der Waals surface area contributed by atoms with Crippen LogP contribution in [-0.2, 0) is 0 Å². The molecule has 4 N–H and O–H groups in total. The number of hydrogen-bond acceptors (Lipinski definition) is 3. The molecule has 0 fully saturated rings. The molecular formula is C15H12ClN3O2. The van der Waals surface area contributed by atoms with Crippen molar-refractivity contribution in [3.8, 4) is 11.8 Å². The van der Waals surface area contributed by atoms with Crippen LogP contribution in [0.15, 0.2) is 41.3 Å². The van der Waals surface area contributed by atoms with Gasteiger partial charge in [0.15, 0.2) is 0 Å². The van der Waals surface area contributed by atoms with Gasteiger partial charge in [-0.2, -0.15) is 0 Å². The van der Waals surface area contributed by atoms with E-state index in [4.69, 9.17) is 17.3 Å². The zero-order valence-electron chi connectivity index (χ0n) is 10.9. The van der Waals surface area contributed by atoms with Crippen LogP contribution in [0.3, 0.4) is 0 Å². The quantitative estimate of drug-likeness (QED) is 0.736. The molecule has 0 aliphatic heterocycles. The van der Waals surface area contributed by atoms with Crippen molar-refractivity contribution in [2.45, 2.75) is 0 Å². The highest BCUT2D eigenvalue weighted by Crippen LogP contribution is 2.20. The zero-order chi connectivity index (χ0) is 15.2. The standard InChI is InChI=1S/C15H12ClN3O2/c16-12-3-4-13(10(8-12)2-1-6-17)19-15(21)11-5-7-18-14(20)9-11/h3-5,7-9H,6,17H2,(H,18,20)(H,19,21). The number of aromatic amines is 1. The first-order chi connectivity index (χ1) is 10.1. The van der Waals surface area contributed by atoms with Gasteiger partial charge < -0.3 is 16.0 Å². The minimum atomic E-state index is -0.403. The largest absolute Gasteiger partial charge is 0.329 e. The molecule has 2 aromatic rings. The molecule has 0 unspecified atom stereocenters. The lowest BCUT2D eigenvalue weighted by Gasteiger charge is -2.08. The van der Waals surface area contributed by atoms with Gasteiger partial charge in [0.1, 0.15) is 0 Å². The van der Waals surface area contributed by atoms with Crippen LogP contribution in [0, 0.1) is 11.8 Å². The number of anilines is 1. The van der Waals surface area contributed by atoms with Crippen molar-refractivity contribution in [2.24, 2.45) is 5.73 Å². The van der Waals surface area contributed by atoms with Gasteiger partial charge in [0, 0.05) is 28.4 Å². The van der Waals surface area contributed by atoms with Crippen molar-refractivity contribution >= 4 is 23.2 Å². The fraction of sp³-hybridized carbons (Fsp3) is 0.0667. The van der Waals surface area contributed by atoms with Crippen LogP contribution in [0.2, 0.25) is 5.02 Å². The number of rotatable bonds is 2. The molecule has 21 heavy (non-hydrogen) atoms. The number of halogens is 1. The van der Waals surface area contributed by atoms with Gasteiger partial charge in [-0.15, -0.1) is 0 Å². The molecule has 5 nitrogen and oxygen atoms in total. The molecule has 0 aliphatic carbocycles. The van der Waals surface area contributed by atoms with Crippen LogP contribution < -0.4 is 16.6 Å². The molecule has 1 amide bonds. The van der Waals surface area contributed by atoms with E-state index in [2.05, 4.69) is 22.1 Å². The van der Waals surface area contributed by atoms with E-state index >= 15 is 0 Å². The van der Waals surface area contributed by atoms with E-state index in [1.807, 2.05) is 0 Å². The predicted molar refractivity (Wildman–Crippen MR) is 82.4 cm³/mol. The Morgan fingerprint density at radius 1 is 1.33 bits per heavy atom. The number of pyridine rings is 1. The van der Waals surface area contributed by atoms with Crippen molar-refractivity contribution in [3.05, 3.63) is 63.0 Å². The van der Waals surface area contributed by atoms with Gasteiger partial charge in [-0.1, -0.05) is 23.4 Å². The highest BCUT2D eigenvalue weighted by atomic mass is 35.5. The minimum Gasteiger partial charge on any atom is -0.329 e. The number of benzene rings is 1. The number of H-pyrrole nitrogens is 1.